The lowest BCUT2D eigenvalue weighted by Crippen LogP contribution is -2.32. The van der Waals surface area contributed by atoms with Crippen molar-refractivity contribution in [2.75, 3.05) is 13.1 Å². The molecule has 0 aliphatic rings. The van der Waals surface area contributed by atoms with Gasteiger partial charge < -0.3 is 10.4 Å². The monoisotopic (exact) mass is 331 g/mol. The maximum Gasteiger partial charge on any atom is 0.0929 e. The summed E-state index contributed by atoms with van der Waals surface area (Å²) in [4.78, 5) is 0. The molecular weight excluding hydrogens is 305 g/mol. The number of aliphatic hydroxyl groups excluding tert-OH is 1. The fourth-order valence-corrected chi connectivity index (χ4v) is 2.79. The SMILES string of the molecule is CCCCCC(C)(C)CNCC(O)c1cc(Cl)ccc1Cl. The summed E-state index contributed by atoms with van der Waals surface area (Å²) in [5, 5.41) is 14.7. The van der Waals surface area contributed by atoms with Crippen molar-refractivity contribution in [3.05, 3.63) is 33.8 Å². The molecule has 1 rings (SSSR count). The van der Waals surface area contributed by atoms with Crippen LogP contribution in [-0.2, 0) is 0 Å². The van der Waals surface area contributed by atoms with E-state index in [0.717, 1.165) is 6.54 Å². The van der Waals surface area contributed by atoms with E-state index in [1.54, 1.807) is 18.2 Å². The fraction of sp³-hybridized carbons (Fsp3) is 0.647. The van der Waals surface area contributed by atoms with Gasteiger partial charge in [0.2, 0.25) is 0 Å². The van der Waals surface area contributed by atoms with Crippen LogP contribution in [-0.4, -0.2) is 18.2 Å². The highest BCUT2D eigenvalue weighted by Gasteiger charge is 2.18. The highest BCUT2D eigenvalue weighted by Crippen LogP contribution is 2.27. The van der Waals surface area contributed by atoms with Crippen molar-refractivity contribution < 1.29 is 5.11 Å². The number of benzene rings is 1. The van der Waals surface area contributed by atoms with Crippen molar-refractivity contribution in [3.63, 3.8) is 0 Å². The minimum atomic E-state index is -0.636. The van der Waals surface area contributed by atoms with Crippen LogP contribution in [0.2, 0.25) is 10.0 Å². The first-order valence-corrected chi connectivity index (χ1v) is 8.45. The van der Waals surface area contributed by atoms with Crippen LogP contribution in [0.4, 0.5) is 0 Å². The smallest absolute Gasteiger partial charge is 0.0929 e. The number of unbranched alkanes of at least 4 members (excludes halogenated alkanes) is 2. The van der Waals surface area contributed by atoms with Crippen molar-refractivity contribution in [2.45, 2.75) is 52.6 Å². The molecule has 1 aromatic carbocycles. The molecule has 0 saturated carbocycles. The molecule has 1 unspecified atom stereocenters. The predicted octanol–water partition coefficient (Wildman–Crippen LogP) is 5.22. The average Bonchev–Trinajstić information content (AvgIpc) is 2.41. The van der Waals surface area contributed by atoms with Crippen LogP contribution >= 0.6 is 23.2 Å². The molecule has 120 valence electrons. The molecule has 21 heavy (non-hydrogen) atoms. The van der Waals surface area contributed by atoms with E-state index in [1.165, 1.54) is 25.7 Å². The van der Waals surface area contributed by atoms with E-state index in [1.807, 2.05) is 0 Å². The Labute approximate surface area is 138 Å². The molecule has 0 fully saturated rings. The van der Waals surface area contributed by atoms with Gasteiger partial charge in [-0.15, -0.1) is 0 Å². The van der Waals surface area contributed by atoms with Gasteiger partial charge in [0.25, 0.3) is 0 Å². The molecule has 0 bridgehead atoms. The van der Waals surface area contributed by atoms with E-state index in [2.05, 4.69) is 26.1 Å². The average molecular weight is 332 g/mol. The van der Waals surface area contributed by atoms with E-state index in [4.69, 9.17) is 23.2 Å². The quantitative estimate of drug-likeness (QED) is 0.608. The van der Waals surface area contributed by atoms with Gasteiger partial charge in [-0.25, -0.2) is 0 Å². The summed E-state index contributed by atoms with van der Waals surface area (Å²) >= 11 is 12.0. The van der Waals surface area contributed by atoms with Crippen LogP contribution in [0.15, 0.2) is 18.2 Å². The Morgan fingerprint density at radius 3 is 2.62 bits per heavy atom. The van der Waals surface area contributed by atoms with Crippen LogP contribution in [0.3, 0.4) is 0 Å². The molecule has 0 heterocycles. The normalized spacial score (nSPS) is 13.4. The first-order valence-electron chi connectivity index (χ1n) is 7.69. The van der Waals surface area contributed by atoms with Crippen molar-refractivity contribution in [1.29, 1.82) is 0 Å². The molecular formula is C17H27Cl2NO. The van der Waals surface area contributed by atoms with Crippen LogP contribution in [0.1, 0.15) is 58.1 Å². The van der Waals surface area contributed by atoms with E-state index in [0.29, 0.717) is 22.2 Å². The molecule has 0 aromatic heterocycles. The number of nitrogens with one attached hydrogen (secondary N) is 1. The molecule has 0 saturated heterocycles. The maximum atomic E-state index is 10.2. The van der Waals surface area contributed by atoms with Crippen molar-refractivity contribution in [2.24, 2.45) is 5.41 Å². The van der Waals surface area contributed by atoms with Gasteiger partial charge in [-0.2, -0.15) is 0 Å². The Balaban J connectivity index is 2.42. The van der Waals surface area contributed by atoms with Gasteiger partial charge in [0.1, 0.15) is 0 Å². The fourth-order valence-electron chi connectivity index (χ4n) is 2.37. The minimum absolute atomic E-state index is 0.243. The largest absolute Gasteiger partial charge is 0.387 e. The summed E-state index contributed by atoms with van der Waals surface area (Å²) < 4.78 is 0. The van der Waals surface area contributed by atoms with Gasteiger partial charge in [-0.05, 0) is 30.0 Å². The van der Waals surface area contributed by atoms with Crippen LogP contribution in [0, 0.1) is 5.41 Å². The Hall–Kier alpha value is -0.280. The van der Waals surface area contributed by atoms with Gasteiger partial charge in [-0.3, -0.25) is 0 Å². The maximum absolute atomic E-state index is 10.2. The topological polar surface area (TPSA) is 32.3 Å². The number of aliphatic hydroxyl groups is 1. The summed E-state index contributed by atoms with van der Waals surface area (Å²) in [6, 6.07) is 5.17. The second-order valence-electron chi connectivity index (χ2n) is 6.43. The molecule has 1 atom stereocenters. The Kier molecular flexibility index (Phi) is 8.04. The summed E-state index contributed by atoms with van der Waals surface area (Å²) in [7, 11) is 0. The summed E-state index contributed by atoms with van der Waals surface area (Å²) in [5.41, 5.74) is 0.924. The lowest BCUT2D eigenvalue weighted by molar-refractivity contribution is 0.167. The third-order valence-electron chi connectivity index (χ3n) is 3.72. The summed E-state index contributed by atoms with van der Waals surface area (Å²) in [5.74, 6) is 0. The van der Waals surface area contributed by atoms with E-state index >= 15 is 0 Å². The lowest BCUT2D eigenvalue weighted by atomic mass is 9.87. The van der Waals surface area contributed by atoms with Gasteiger partial charge in [0, 0.05) is 28.7 Å². The molecule has 0 aliphatic heterocycles. The predicted molar refractivity (Wildman–Crippen MR) is 92.2 cm³/mol. The molecule has 1 aromatic rings. The highest BCUT2D eigenvalue weighted by atomic mass is 35.5. The van der Waals surface area contributed by atoms with Crippen LogP contribution in [0.5, 0.6) is 0 Å². The van der Waals surface area contributed by atoms with E-state index in [9.17, 15) is 5.11 Å². The van der Waals surface area contributed by atoms with Crippen molar-refractivity contribution in [1.82, 2.24) is 5.32 Å². The van der Waals surface area contributed by atoms with Gasteiger partial charge in [0.05, 0.1) is 6.10 Å². The zero-order valence-electron chi connectivity index (χ0n) is 13.3. The number of hydrogen-bond acceptors (Lipinski definition) is 2. The van der Waals surface area contributed by atoms with Crippen molar-refractivity contribution >= 4 is 23.2 Å². The standard InChI is InChI=1S/C17H27Cl2NO/c1-4-5-6-9-17(2,3)12-20-11-16(21)14-10-13(18)7-8-15(14)19/h7-8,10,16,20-21H,4-6,9,11-12H2,1-3H3. The second-order valence-corrected chi connectivity index (χ2v) is 7.28. The molecule has 0 aliphatic carbocycles. The second kappa shape index (κ2) is 8.99. The van der Waals surface area contributed by atoms with E-state index < -0.39 is 6.10 Å². The Bertz CT molecular complexity index is 435. The zero-order valence-corrected chi connectivity index (χ0v) is 14.8. The molecule has 2 nitrogen and oxygen atoms in total. The zero-order chi connectivity index (χ0) is 15.9. The number of rotatable bonds is 9. The van der Waals surface area contributed by atoms with E-state index in [-0.39, 0.29) is 5.41 Å². The lowest BCUT2D eigenvalue weighted by Gasteiger charge is -2.26. The van der Waals surface area contributed by atoms with Crippen molar-refractivity contribution in [3.8, 4) is 0 Å². The molecule has 4 heteroatoms. The number of halogens is 2. The van der Waals surface area contributed by atoms with Gasteiger partial charge in [0.15, 0.2) is 0 Å². The summed E-state index contributed by atoms with van der Waals surface area (Å²) in [6.07, 6.45) is 4.35. The minimum Gasteiger partial charge on any atom is -0.387 e. The molecule has 0 amide bonds. The number of hydrogen-bond donors (Lipinski definition) is 2. The third-order valence-corrected chi connectivity index (χ3v) is 4.29. The van der Waals surface area contributed by atoms with Gasteiger partial charge >= 0.3 is 0 Å². The van der Waals surface area contributed by atoms with Crippen LogP contribution < -0.4 is 5.32 Å². The highest BCUT2D eigenvalue weighted by molar-refractivity contribution is 6.33. The molecule has 2 N–H and O–H groups in total. The third kappa shape index (κ3) is 7.01. The van der Waals surface area contributed by atoms with Crippen LogP contribution in [0.25, 0.3) is 0 Å². The van der Waals surface area contributed by atoms with Gasteiger partial charge in [-0.1, -0.05) is 63.2 Å². The Morgan fingerprint density at radius 2 is 1.95 bits per heavy atom. The molecule has 0 spiro atoms. The summed E-state index contributed by atoms with van der Waals surface area (Å²) in [6.45, 7) is 8.10. The first kappa shape index (κ1) is 18.8. The molecule has 0 radical (unpaired) electrons. The Morgan fingerprint density at radius 1 is 1.24 bits per heavy atom. The first-order chi connectivity index (χ1) is 9.85.